The predicted molar refractivity (Wildman–Crippen MR) is 103 cm³/mol. The maximum absolute atomic E-state index is 5.77. The molecule has 0 aromatic carbocycles. The highest BCUT2D eigenvalue weighted by atomic mass is 14.7. The lowest BCUT2D eigenvalue weighted by Gasteiger charge is -2.62. The number of fused-ring (bicyclic) bond motifs is 4. The maximum atomic E-state index is 5.77. The van der Waals surface area contributed by atoms with Crippen molar-refractivity contribution in [3.05, 3.63) is 0 Å². The molecule has 8 unspecified atom stereocenters. The minimum absolute atomic E-state index is 0.630. The molecule has 6 aliphatic rings. The number of nitrogens with two attached hydrogens (primary N) is 2. The molecule has 0 saturated heterocycles. The lowest BCUT2D eigenvalue weighted by Crippen LogP contribution is -2.56. The van der Waals surface area contributed by atoms with E-state index in [4.69, 9.17) is 11.5 Å². The van der Waals surface area contributed by atoms with Crippen LogP contribution in [0.4, 0.5) is 0 Å². The summed E-state index contributed by atoms with van der Waals surface area (Å²) in [6.07, 6.45) is 5.73. The van der Waals surface area contributed by atoms with Crippen molar-refractivity contribution in [1.29, 1.82) is 0 Å². The van der Waals surface area contributed by atoms with Crippen molar-refractivity contribution in [2.45, 2.75) is 67.2 Å². The van der Waals surface area contributed by atoms with Crippen molar-refractivity contribution in [3.8, 4) is 0 Å². The quantitative estimate of drug-likeness (QED) is 0.779. The second-order valence-corrected chi connectivity index (χ2v) is 10.9. The summed E-state index contributed by atoms with van der Waals surface area (Å²) in [4.78, 5) is 0. The average molecular weight is 335 g/mol. The van der Waals surface area contributed by atoms with E-state index in [0.717, 1.165) is 60.4 Å². The van der Waals surface area contributed by atoms with Crippen molar-refractivity contribution in [1.82, 2.24) is 0 Å². The van der Waals surface area contributed by atoms with Crippen molar-refractivity contribution < 1.29 is 0 Å². The van der Waals surface area contributed by atoms with Crippen LogP contribution in [0.25, 0.3) is 0 Å². The summed E-state index contributed by atoms with van der Waals surface area (Å²) in [5.41, 5.74) is 12.8. The zero-order chi connectivity index (χ0) is 17.9. The summed E-state index contributed by atoms with van der Waals surface area (Å²) < 4.78 is 0. The van der Waals surface area contributed by atoms with E-state index in [1.807, 2.05) is 0 Å². The van der Waals surface area contributed by atoms with Gasteiger partial charge in [0.2, 0.25) is 0 Å². The molecule has 0 heterocycles. The van der Waals surface area contributed by atoms with Crippen LogP contribution in [0, 0.1) is 58.2 Å². The van der Waals surface area contributed by atoms with Crippen molar-refractivity contribution in [3.63, 3.8) is 0 Å². The SMILES string of the molecule is CC1C(CN)CC2CC1C2(C)C.CC1C(CN)CC2CC1C2(C)C. The van der Waals surface area contributed by atoms with E-state index in [-0.39, 0.29) is 0 Å². The Kier molecular flexibility index (Phi) is 4.88. The lowest BCUT2D eigenvalue weighted by molar-refractivity contribution is -0.126. The smallest absolute Gasteiger partial charge is 0.00461 e. The molecule has 0 radical (unpaired) electrons. The van der Waals surface area contributed by atoms with Crippen LogP contribution in [0.2, 0.25) is 0 Å². The highest BCUT2D eigenvalue weighted by molar-refractivity contribution is 5.05. The lowest BCUT2D eigenvalue weighted by atomic mass is 9.43. The summed E-state index contributed by atoms with van der Waals surface area (Å²) >= 11 is 0. The molecular weight excluding hydrogens is 292 g/mol. The van der Waals surface area contributed by atoms with Crippen molar-refractivity contribution >= 4 is 0 Å². The molecule has 0 aromatic heterocycles. The summed E-state index contributed by atoms with van der Waals surface area (Å²) in [6, 6.07) is 0. The Hall–Kier alpha value is -0.0800. The first-order valence-corrected chi connectivity index (χ1v) is 10.5. The van der Waals surface area contributed by atoms with E-state index in [1.54, 1.807) is 0 Å². The molecule has 0 aromatic rings. The van der Waals surface area contributed by atoms with Crippen LogP contribution in [0.5, 0.6) is 0 Å². The Morgan fingerprint density at radius 2 is 1.00 bits per heavy atom. The average Bonchev–Trinajstić information content (AvgIpc) is 2.54. The van der Waals surface area contributed by atoms with Crippen LogP contribution in [0.3, 0.4) is 0 Å². The molecule has 0 spiro atoms. The molecule has 4 N–H and O–H groups in total. The third-order valence-corrected chi connectivity index (χ3v) is 9.63. The molecule has 4 bridgehead atoms. The van der Waals surface area contributed by atoms with Crippen molar-refractivity contribution in [2.24, 2.45) is 69.6 Å². The van der Waals surface area contributed by atoms with Crippen LogP contribution < -0.4 is 11.5 Å². The molecule has 6 fully saturated rings. The molecule has 6 saturated carbocycles. The zero-order valence-corrected chi connectivity index (χ0v) is 17.0. The largest absolute Gasteiger partial charge is 0.330 e. The van der Waals surface area contributed by atoms with Gasteiger partial charge in [-0.15, -0.1) is 0 Å². The van der Waals surface area contributed by atoms with E-state index in [9.17, 15) is 0 Å². The zero-order valence-electron chi connectivity index (χ0n) is 17.0. The number of hydrogen-bond acceptors (Lipinski definition) is 2. The fraction of sp³-hybridized carbons (Fsp3) is 1.00. The predicted octanol–water partition coefficient (Wildman–Crippen LogP) is 4.53. The van der Waals surface area contributed by atoms with Crippen LogP contribution in [-0.2, 0) is 0 Å². The highest BCUT2D eigenvalue weighted by Crippen LogP contribution is 2.63. The van der Waals surface area contributed by atoms with Gasteiger partial charge in [-0.3, -0.25) is 0 Å². The third-order valence-electron chi connectivity index (χ3n) is 9.63. The minimum atomic E-state index is 0.630. The number of rotatable bonds is 2. The van der Waals surface area contributed by atoms with Gasteiger partial charge in [0.1, 0.15) is 0 Å². The topological polar surface area (TPSA) is 52.0 Å². The van der Waals surface area contributed by atoms with Crippen LogP contribution >= 0.6 is 0 Å². The monoisotopic (exact) mass is 334 g/mol. The first-order chi connectivity index (χ1) is 11.1. The molecular formula is C22H42N2. The van der Waals surface area contributed by atoms with Gasteiger partial charge in [-0.1, -0.05) is 41.5 Å². The van der Waals surface area contributed by atoms with E-state index in [0.29, 0.717) is 10.8 Å². The second-order valence-electron chi connectivity index (χ2n) is 10.9. The van der Waals surface area contributed by atoms with E-state index >= 15 is 0 Å². The van der Waals surface area contributed by atoms with Gasteiger partial charge < -0.3 is 11.5 Å². The first-order valence-electron chi connectivity index (χ1n) is 10.5. The van der Waals surface area contributed by atoms with Gasteiger partial charge >= 0.3 is 0 Å². The molecule has 2 heteroatoms. The minimum Gasteiger partial charge on any atom is -0.330 e. The fourth-order valence-corrected chi connectivity index (χ4v) is 7.14. The highest BCUT2D eigenvalue weighted by Gasteiger charge is 2.56. The fourth-order valence-electron chi connectivity index (χ4n) is 7.14. The first kappa shape index (κ1) is 18.7. The molecule has 140 valence electrons. The van der Waals surface area contributed by atoms with Gasteiger partial charge in [0, 0.05) is 0 Å². The molecule has 0 aliphatic heterocycles. The summed E-state index contributed by atoms with van der Waals surface area (Å²) in [6.45, 7) is 16.4. The Balaban J connectivity index is 0.000000141. The Bertz CT molecular complexity index is 413. The molecule has 6 aliphatic carbocycles. The van der Waals surface area contributed by atoms with E-state index in [2.05, 4.69) is 41.5 Å². The van der Waals surface area contributed by atoms with Gasteiger partial charge in [-0.05, 0) is 96.9 Å². The Labute approximate surface area is 150 Å². The summed E-state index contributed by atoms with van der Waals surface area (Å²) in [5.74, 6) is 7.27. The molecule has 6 rings (SSSR count). The summed E-state index contributed by atoms with van der Waals surface area (Å²) in [5, 5.41) is 0. The molecule has 0 amide bonds. The van der Waals surface area contributed by atoms with Crippen LogP contribution in [-0.4, -0.2) is 13.1 Å². The molecule has 24 heavy (non-hydrogen) atoms. The third kappa shape index (κ3) is 2.67. The van der Waals surface area contributed by atoms with Crippen LogP contribution in [0.15, 0.2) is 0 Å². The normalized spacial score (nSPS) is 50.0. The van der Waals surface area contributed by atoms with Gasteiger partial charge in [0.25, 0.3) is 0 Å². The van der Waals surface area contributed by atoms with Gasteiger partial charge in [0.05, 0.1) is 0 Å². The van der Waals surface area contributed by atoms with Gasteiger partial charge in [0.15, 0.2) is 0 Å². The van der Waals surface area contributed by atoms with E-state index in [1.165, 1.54) is 25.7 Å². The summed E-state index contributed by atoms with van der Waals surface area (Å²) in [7, 11) is 0. The Morgan fingerprint density at radius 1 is 0.667 bits per heavy atom. The van der Waals surface area contributed by atoms with Gasteiger partial charge in [-0.2, -0.15) is 0 Å². The second kappa shape index (κ2) is 6.27. The van der Waals surface area contributed by atoms with E-state index < -0.39 is 0 Å². The standard InChI is InChI=1S/2C11H21N/c2*1-7-8(6-12)4-9-5-10(7)11(9,2)3/h2*7-10H,4-6,12H2,1-3H3. The van der Waals surface area contributed by atoms with Crippen LogP contribution in [0.1, 0.15) is 67.2 Å². The molecule has 2 nitrogen and oxygen atoms in total. The van der Waals surface area contributed by atoms with Crippen molar-refractivity contribution in [2.75, 3.05) is 13.1 Å². The molecule has 8 atom stereocenters. The maximum Gasteiger partial charge on any atom is -0.00461 e. The number of hydrogen-bond donors (Lipinski definition) is 2. The Morgan fingerprint density at radius 3 is 1.21 bits per heavy atom. The van der Waals surface area contributed by atoms with Gasteiger partial charge in [-0.25, -0.2) is 0 Å².